The van der Waals surface area contributed by atoms with Crippen molar-refractivity contribution >= 4 is 16.5 Å². The van der Waals surface area contributed by atoms with E-state index in [-0.39, 0.29) is 0 Å². The zero-order valence-electron chi connectivity index (χ0n) is 13.0. The number of piperidine rings is 1. The fourth-order valence-corrected chi connectivity index (χ4v) is 4.58. The van der Waals surface area contributed by atoms with Crippen LogP contribution in [-0.2, 0) is 13.6 Å². The zero-order chi connectivity index (χ0) is 15.0. The van der Waals surface area contributed by atoms with Crippen molar-refractivity contribution in [1.29, 1.82) is 0 Å². The first-order chi connectivity index (χ1) is 10.7. The van der Waals surface area contributed by atoms with E-state index in [2.05, 4.69) is 31.3 Å². The lowest BCUT2D eigenvalue weighted by Crippen LogP contribution is -2.44. The third-order valence-electron chi connectivity index (χ3n) is 4.96. The molecular formula is C15H22N6S. The first-order valence-corrected chi connectivity index (χ1v) is 8.81. The molecule has 4 heterocycles. The number of likely N-dealkylation sites (tertiary alicyclic amines) is 1. The Hall–Kier alpha value is -1.47. The standard InChI is InChI=1S/C15H22N6S/c1-19-8-13(7-17-19)9-20-5-2-3-15(10-20)4-6-21(11-15)14-18-16-12-22-14/h7-8,12H,2-6,9-11H2,1H3/t15-/m1/s1. The van der Waals surface area contributed by atoms with Crippen LogP contribution in [-0.4, -0.2) is 51.1 Å². The molecule has 2 saturated heterocycles. The number of hydrogen-bond donors (Lipinski definition) is 0. The summed E-state index contributed by atoms with van der Waals surface area (Å²) in [7, 11) is 1.98. The lowest BCUT2D eigenvalue weighted by Gasteiger charge is -2.40. The molecule has 0 N–H and O–H groups in total. The van der Waals surface area contributed by atoms with E-state index in [1.54, 1.807) is 11.3 Å². The van der Waals surface area contributed by atoms with E-state index in [0.29, 0.717) is 5.41 Å². The molecule has 0 unspecified atom stereocenters. The first kappa shape index (κ1) is 14.1. The van der Waals surface area contributed by atoms with Crippen LogP contribution in [0.25, 0.3) is 0 Å². The predicted octanol–water partition coefficient (Wildman–Crippen LogP) is 1.76. The van der Waals surface area contributed by atoms with Crippen molar-refractivity contribution in [2.45, 2.75) is 25.8 Å². The van der Waals surface area contributed by atoms with Crippen LogP contribution in [0.1, 0.15) is 24.8 Å². The van der Waals surface area contributed by atoms with E-state index in [1.807, 2.05) is 23.4 Å². The molecule has 1 atom stereocenters. The van der Waals surface area contributed by atoms with Gasteiger partial charge in [-0.1, -0.05) is 11.3 Å². The Kier molecular flexibility index (Phi) is 3.62. The van der Waals surface area contributed by atoms with E-state index in [4.69, 9.17) is 0 Å². The Morgan fingerprint density at radius 2 is 2.23 bits per heavy atom. The summed E-state index contributed by atoms with van der Waals surface area (Å²) in [6.07, 6.45) is 8.03. The van der Waals surface area contributed by atoms with Gasteiger partial charge in [0.25, 0.3) is 0 Å². The van der Waals surface area contributed by atoms with Crippen LogP contribution in [0.15, 0.2) is 17.9 Å². The number of hydrogen-bond acceptors (Lipinski definition) is 6. The molecule has 2 aromatic rings. The summed E-state index contributed by atoms with van der Waals surface area (Å²) >= 11 is 1.65. The van der Waals surface area contributed by atoms with Crippen molar-refractivity contribution in [2.75, 3.05) is 31.1 Å². The van der Waals surface area contributed by atoms with Crippen molar-refractivity contribution in [3.05, 3.63) is 23.5 Å². The molecule has 2 aliphatic rings. The van der Waals surface area contributed by atoms with E-state index < -0.39 is 0 Å². The molecule has 1 spiro atoms. The summed E-state index contributed by atoms with van der Waals surface area (Å²) in [4.78, 5) is 5.02. The topological polar surface area (TPSA) is 50.1 Å². The van der Waals surface area contributed by atoms with Crippen LogP contribution in [0.2, 0.25) is 0 Å². The van der Waals surface area contributed by atoms with Gasteiger partial charge in [-0.3, -0.25) is 9.58 Å². The molecule has 6 nitrogen and oxygen atoms in total. The number of aryl methyl sites for hydroxylation is 1. The largest absolute Gasteiger partial charge is 0.346 e. The Labute approximate surface area is 134 Å². The van der Waals surface area contributed by atoms with Crippen LogP contribution < -0.4 is 4.90 Å². The van der Waals surface area contributed by atoms with Crippen LogP contribution in [0.5, 0.6) is 0 Å². The van der Waals surface area contributed by atoms with Gasteiger partial charge >= 0.3 is 0 Å². The first-order valence-electron chi connectivity index (χ1n) is 7.94. The predicted molar refractivity (Wildman–Crippen MR) is 86.9 cm³/mol. The Bertz CT molecular complexity index is 624. The van der Waals surface area contributed by atoms with Gasteiger partial charge in [0.15, 0.2) is 0 Å². The van der Waals surface area contributed by atoms with Crippen molar-refractivity contribution in [3.63, 3.8) is 0 Å². The number of anilines is 1. The van der Waals surface area contributed by atoms with Gasteiger partial charge in [0.2, 0.25) is 5.13 Å². The molecule has 7 heteroatoms. The average Bonchev–Trinajstić information content (AvgIpc) is 3.21. The maximum atomic E-state index is 4.28. The van der Waals surface area contributed by atoms with Crippen LogP contribution >= 0.6 is 11.3 Å². The zero-order valence-corrected chi connectivity index (χ0v) is 13.8. The molecule has 0 saturated carbocycles. The van der Waals surface area contributed by atoms with Gasteiger partial charge in [-0.05, 0) is 25.8 Å². The normalized spacial score (nSPS) is 26.1. The van der Waals surface area contributed by atoms with Gasteiger partial charge in [-0.2, -0.15) is 5.10 Å². The summed E-state index contributed by atoms with van der Waals surface area (Å²) in [6, 6.07) is 0. The third-order valence-corrected chi connectivity index (χ3v) is 5.71. The molecule has 22 heavy (non-hydrogen) atoms. The lowest BCUT2D eigenvalue weighted by molar-refractivity contribution is 0.0991. The molecule has 0 amide bonds. The Morgan fingerprint density at radius 3 is 3.00 bits per heavy atom. The van der Waals surface area contributed by atoms with Crippen molar-refractivity contribution < 1.29 is 0 Å². The highest BCUT2D eigenvalue weighted by Gasteiger charge is 2.42. The molecule has 118 valence electrons. The second-order valence-electron chi connectivity index (χ2n) is 6.73. The van der Waals surface area contributed by atoms with Gasteiger partial charge in [0, 0.05) is 50.4 Å². The summed E-state index contributed by atoms with van der Waals surface area (Å²) in [5.41, 5.74) is 3.58. The highest BCUT2D eigenvalue weighted by Crippen LogP contribution is 2.41. The molecular weight excluding hydrogens is 296 g/mol. The van der Waals surface area contributed by atoms with Crippen molar-refractivity contribution in [3.8, 4) is 0 Å². The van der Waals surface area contributed by atoms with Crippen LogP contribution in [0, 0.1) is 5.41 Å². The van der Waals surface area contributed by atoms with Crippen LogP contribution in [0.4, 0.5) is 5.13 Å². The molecule has 0 radical (unpaired) electrons. The van der Waals surface area contributed by atoms with E-state index in [9.17, 15) is 0 Å². The summed E-state index contributed by atoms with van der Waals surface area (Å²) < 4.78 is 1.89. The van der Waals surface area contributed by atoms with Crippen LogP contribution in [0.3, 0.4) is 0 Å². The number of aromatic nitrogens is 4. The van der Waals surface area contributed by atoms with E-state index in [1.165, 1.54) is 37.9 Å². The SMILES string of the molecule is Cn1cc(CN2CCC[C@@]3(CCN(c4nncs4)C3)C2)cn1. The fourth-order valence-electron chi connectivity index (χ4n) is 3.99. The average molecular weight is 318 g/mol. The highest BCUT2D eigenvalue weighted by molar-refractivity contribution is 7.13. The molecule has 2 aliphatic heterocycles. The lowest BCUT2D eigenvalue weighted by atomic mass is 9.79. The second-order valence-corrected chi connectivity index (χ2v) is 7.54. The third kappa shape index (κ3) is 2.75. The second kappa shape index (κ2) is 5.62. The smallest absolute Gasteiger partial charge is 0.208 e. The van der Waals surface area contributed by atoms with Crippen molar-refractivity contribution in [1.82, 2.24) is 24.9 Å². The molecule has 2 aromatic heterocycles. The minimum absolute atomic E-state index is 0.437. The summed E-state index contributed by atoms with van der Waals surface area (Å²) in [5, 5.41) is 13.6. The van der Waals surface area contributed by atoms with Gasteiger partial charge in [0.1, 0.15) is 5.51 Å². The maximum Gasteiger partial charge on any atom is 0.208 e. The fraction of sp³-hybridized carbons (Fsp3) is 0.667. The molecule has 0 aliphatic carbocycles. The minimum Gasteiger partial charge on any atom is -0.346 e. The number of nitrogens with zero attached hydrogens (tertiary/aromatic N) is 6. The molecule has 4 rings (SSSR count). The molecule has 2 fully saturated rings. The highest BCUT2D eigenvalue weighted by atomic mass is 32.1. The van der Waals surface area contributed by atoms with E-state index in [0.717, 1.165) is 24.8 Å². The Balaban J connectivity index is 1.42. The number of rotatable bonds is 3. The molecule has 0 aromatic carbocycles. The van der Waals surface area contributed by atoms with Gasteiger partial charge in [-0.25, -0.2) is 0 Å². The Morgan fingerprint density at radius 1 is 1.27 bits per heavy atom. The van der Waals surface area contributed by atoms with Crippen molar-refractivity contribution in [2.24, 2.45) is 12.5 Å². The summed E-state index contributed by atoms with van der Waals surface area (Å²) in [6.45, 7) is 5.67. The van der Waals surface area contributed by atoms with Gasteiger partial charge in [-0.15, -0.1) is 10.2 Å². The minimum atomic E-state index is 0.437. The maximum absolute atomic E-state index is 4.28. The molecule has 0 bridgehead atoms. The quantitative estimate of drug-likeness (QED) is 0.863. The summed E-state index contributed by atoms with van der Waals surface area (Å²) in [5.74, 6) is 0. The van der Waals surface area contributed by atoms with Gasteiger partial charge < -0.3 is 4.90 Å². The van der Waals surface area contributed by atoms with Gasteiger partial charge in [0.05, 0.1) is 6.20 Å². The monoisotopic (exact) mass is 318 g/mol. The van der Waals surface area contributed by atoms with E-state index >= 15 is 0 Å².